The van der Waals surface area contributed by atoms with Crippen LogP contribution in [0, 0.1) is 5.92 Å². The highest BCUT2D eigenvalue weighted by molar-refractivity contribution is 5.36. The summed E-state index contributed by atoms with van der Waals surface area (Å²) in [6, 6.07) is 17.2. The van der Waals surface area contributed by atoms with E-state index >= 15 is 0 Å². The molecule has 0 spiro atoms. The molecule has 0 saturated heterocycles. The predicted octanol–water partition coefficient (Wildman–Crippen LogP) is 3.98. The highest BCUT2D eigenvalue weighted by Crippen LogP contribution is 2.27. The molecule has 0 amide bonds. The molecule has 2 heteroatoms. The number of benzene rings is 2. The van der Waals surface area contributed by atoms with E-state index in [1.807, 2.05) is 0 Å². The number of aryl methyl sites for hydroxylation is 1. The normalized spacial score (nSPS) is 17.6. The van der Waals surface area contributed by atoms with Crippen molar-refractivity contribution in [2.45, 2.75) is 32.2 Å². The van der Waals surface area contributed by atoms with E-state index in [9.17, 15) is 0 Å². The third kappa shape index (κ3) is 3.89. The first-order valence-corrected chi connectivity index (χ1v) is 8.25. The van der Waals surface area contributed by atoms with E-state index in [1.165, 1.54) is 36.0 Å². The first-order valence-electron chi connectivity index (χ1n) is 8.25. The van der Waals surface area contributed by atoms with Crippen molar-refractivity contribution in [3.05, 3.63) is 65.2 Å². The van der Waals surface area contributed by atoms with Crippen molar-refractivity contribution in [2.24, 2.45) is 5.92 Å². The van der Waals surface area contributed by atoms with E-state index in [1.54, 1.807) is 7.11 Å². The Morgan fingerprint density at radius 3 is 2.77 bits per heavy atom. The maximum Gasteiger partial charge on any atom is 0.119 e. The molecule has 0 aromatic heterocycles. The maximum atomic E-state index is 5.38. The lowest BCUT2D eigenvalue weighted by Crippen LogP contribution is -2.23. The van der Waals surface area contributed by atoms with Gasteiger partial charge in [0.2, 0.25) is 0 Å². The van der Waals surface area contributed by atoms with E-state index in [-0.39, 0.29) is 0 Å². The predicted molar refractivity (Wildman–Crippen MR) is 91.3 cm³/mol. The summed E-state index contributed by atoms with van der Waals surface area (Å²) in [5.41, 5.74) is 4.34. The van der Waals surface area contributed by atoms with Crippen molar-refractivity contribution in [1.82, 2.24) is 5.32 Å². The van der Waals surface area contributed by atoms with Crippen LogP contribution in [0.5, 0.6) is 5.75 Å². The standard InChI is InChI=1S/C20H25NO/c1-22-20-11-10-18-9-5-8-17(12-19(18)13-20)15-21-14-16-6-3-2-4-7-16/h2-4,6-7,10-11,13,17,21H,5,8-9,12,14-15H2,1H3. The first-order chi connectivity index (χ1) is 10.8. The van der Waals surface area contributed by atoms with E-state index in [0.29, 0.717) is 0 Å². The van der Waals surface area contributed by atoms with Crippen LogP contribution in [0.15, 0.2) is 48.5 Å². The van der Waals surface area contributed by atoms with E-state index in [4.69, 9.17) is 4.74 Å². The fraction of sp³-hybridized carbons (Fsp3) is 0.400. The monoisotopic (exact) mass is 295 g/mol. The average molecular weight is 295 g/mol. The van der Waals surface area contributed by atoms with Crippen molar-refractivity contribution >= 4 is 0 Å². The molecule has 0 radical (unpaired) electrons. The van der Waals surface area contributed by atoms with Crippen LogP contribution in [0.3, 0.4) is 0 Å². The van der Waals surface area contributed by atoms with Gasteiger partial charge in [-0.2, -0.15) is 0 Å². The van der Waals surface area contributed by atoms with Crippen LogP contribution in [-0.2, 0) is 19.4 Å². The molecule has 0 saturated carbocycles. The lowest BCUT2D eigenvalue weighted by atomic mass is 9.96. The van der Waals surface area contributed by atoms with E-state index < -0.39 is 0 Å². The molecule has 1 N–H and O–H groups in total. The highest BCUT2D eigenvalue weighted by Gasteiger charge is 2.17. The van der Waals surface area contributed by atoms with E-state index in [2.05, 4.69) is 53.8 Å². The zero-order chi connectivity index (χ0) is 15.2. The van der Waals surface area contributed by atoms with Gasteiger partial charge in [0.25, 0.3) is 0 Å². The van der Waals surface area contributed by atoms with Crippen molar-refractivity contribution in [1.29, 1.82) is 0 Å². The fourth-order valence-electron chi connectivity index (χ4n) is 3.35. The van der Waals surface area contributed by atoms with Crippen LogP contribution in [-0.4, -0.2) is 13.7 Å². The minimum atomic E-state index is 0.720. The van der Waals surface area contributed by atoms with Crippen LogP contribution in [0.1, 0.15) is 29.5 Å². The molecule has 1 aliphatic carbocycles. The smallest absolute Gasteiger partial charge is 0.119 e. The van der Waals surface area contributed by atoms with Crippen LogP contribution in [0.25, 0.3) is 0 Å². The Morgan fingerprint density at radius 1 is 1.09 bits per heavy atom. The fourth-order valence-corrected chi connectivity index (χ4v) is 3.35. The summed E-state index contributed by atoms with van der Waals surface area (Å²) in [6.07, 6.45) is 4.96. The number of rotatable bonds is 5. The van der Waals surface area contributed by atoms with Gasteiger partial charge in [-0.25, -0.2) is 0 Å². The lowest BCUT2D eigenvalue weighted by Gasteiger charge is -2.16. The van der Waals surface area contributed by atoms with Gasteiger partial charge in [-0.15, -0.1) is 0 Å². The largest absolute Gasteiger partial charge is 0.497 e. The number of hydrogen-bond donors (Lipinski definition) is 1. The Balaban J connectivity index is 1.58. The minimum Gasteiger partial charge on any atom is -0.497 e. The second-order valence-corrected chi connectivity index (χ2v) is 6.21. The number of hydrogen-bond acceptors (Lipinski definition) is 2. The zero-order valence-corrected chi connectivity index (χ0v) is 13.3. The highest BCUT2D eigenvalue weighted by atomic mass is 16.5. The summed E-state index contributed by atoms with van der Waals surface area (Å²) in [4.78, 5) is 0. The molecule has 0 fully saturated rings. The van der Waals surface area contributed by atoms with Crippen molar-refractivity contribution in [3.63, 3.8) is 0 Å². The molecular formula is C20H25NO. The van der Waals surface area contributed by atoms with Gasteiger partial charge >= 0.3 is 0 Å². The summed E-state index contributed by atoms with van der Waals surface area (Å²) in [5.74, 6) is 1.70. The Morgan fingerprint density at radius 2 is 1.95 bits per heavy atom. The number of fused-ring (bicyclic) bond motifs is 1. The van der Waals surface area contributed by atoms with Gasteiger partial charge in [0, 0.05) is 6.54 Å². The number of nitrogens with one attached hydrogen (secondary N) is 1. The van der Waals surface area contributed by atoms with Crippen LogP contribution < -0.4 is 10.1 Å². The maximum absolute atomic E-state index is 5.38. The SMILES string of the molecule is COc1ccc2c(c1)CC(CNCc1ccccc1)CCC2. The van der Waals surface area contributed by atoms with Gasteiger partial charge in [0.05, 0.1) is 7.11 Å². The van der Waals surface area contributed by atoms with Gasteiger partial charge in [0.1, 0.15) is 5.75 Å². The Hall–Kier alpha value is -1.80. The third-order valence-corrected chi connectivity index (χ3v) is 4.59. The summed E-state index contributed by atoms with van der Waals surface area (Å²) >= 11 is 0. The number of methoxy groups -OCH3 is 1. The minimum absolute atomic E-state index is 0.720. The molecule has 0 bridgehead atoms. The Labute approximate surface area is 133 Å². The van der Waals surface area contributed by atoms with Crippen LogP contribution in [0.2, 0.25) is 0 Å². The molecule has 2 aromatic rings. The third-order valence-electron chi connectivity index (χ3n) is 4.59. The summed E-state index contributed by atoms with van der Waals surface area (Å²) in [7, 11) is 1.75. The molecule has 2 nitrogen and oxygen atoms in total. The summed E-state index contributed by atoms with van der Waals surface area (Å²) in [5, 5.41) is 3.63. The molecule has 0 aliphatic heterocycles. The molecular weight excluding hydrogens is 270 g/mol. The second-order valence-electron chi connectivity index (χ2n) is 6.21. The van der Waals surface area contributed by atoms with Gasteiger partial charge in [-0.1, -0.05) is 36.4 Å². The first kappa shape index (κ1) is 15.1. The van der Waals surface area contributed by atoms with Gasteiger partial charge in [-0.3, -0.25) is 0 Å². The molecule has 0 heterocycles. The summed E-state index contributed by atoms with van der Waals surface area (Å²) in [6.45, 7) is 2.05. The molecule has 22 heavy (non-hydrogen) atoms. The van der Waals surface area contributed by atoms with Gasteiger partial charge < -0.3 is 10.1 Å². The van der Waals surface area contributed by atoms with Gasteiger partial charge in [-0.05, 0) is 67.0 Å². The van der Waals surface area contributed by atoms with Crippen molar-refractivity contribution < 1.29 is 4.74 Å². The zero-order valence-electron chi connectivity index (χ0n) is 13.3. The molecule has 1 atom stereocenters. The van der Waals surface area contributed by atoms with Gasteiger partial charge in [0.15, 0.2) is 0 Å². The van der Waals surface area contributed by atoms with E-state index in [0.717, 1.165) is 31.2 Å². The molecule has 1 aliphatic rings. The topological polar surface area (TPSA) is 21.3 Å². The molecule has 1 unspecified atom stereocenters. The van der Waals surface area contributed by atoms with Crippen LogP contribution in [0.4, 0.5) is 0 Å². The molecule has 2 aromatic carbocycles. The van der Waals surface area contributed by atoms with Crippen LogP contribution >= 0.6 is 0 Å². The average Bonchev–Trinajstić information content (AvgIpc) is 2.77. The lowest BCUT2D eigenvalue weighted by molar-refractivity contribution is 0.412. The Kier molecular flexibility index (Phi) is 5.12. The van der Waals surface area contributed by atoms with Crippen molar-refractivity contribution in [2.75, 3.05) is 13.7 Å². The van der Waals surface area contributed by atoms with Crippen molar-refractivity contribution in [3.8, 4) is 5.75 Å². The summed E-state index contributed by atoms with van der Waals surface area (Å²) < 4.78 is 5.38. The molecule has 116 valence electrons. The second kappa shape index (κ2) is 7.46. The number of ether oxygens (including phenoxy) is 1. The quantitative estimate of drug-likeness (QED) is 0.842. The Bertz CT molecular complexity index is 594. The molecule has 3 rings (SSSR count).